The second-order valence-corrected chi connectivity index (χ2v) is 8.71. The summed E-state index contributed by atoms with van der Waals surface area (Å²) in [7, 11) is 0. The minimum atomic E-state index is -0.957. The van der Waals surface area contributed by atoms with Crippen molar-refractivity contribution in [2.45, 2.75) is 77.0 Å². The number of thiophene rings is 1. The molecule has 1 heterocycles. The molecule has 5 nitrogen and oxygen atoms in total. The molecular formula is C20H26N2O3S. The van der Waals surface area contributed by atoms with Crippen LogP contribution in [0.1, 0.15) is 80.2 Å². The number of hydrogen-bond acceptors (Lipinski definition) is 4. The lowest BCUT2D eigenvalue weighted by Gasteiger charge is -2.27. The fraction of sp³-hybridized carbons (Fsp3) is 0.650. The molecule has 140 valence electrons. The molecule has 1 amide bonds. The van der Waals surface area contributed by atoms with Crippen LogP contribution in [-0.4, -0.2) is 17.0 Å². The van der Waals surface area contributed by atoms with E-state index in [1.807, 2.05) is 0 Å². The van der Waals surface area contributed by atoms with Crippen molar-refractivity contribution < 1.29 is 14.7 Å². The van der Waals surface area contributed by atoms with Gasteiger partial charge in [0.05, 0.1) is 11.0 Å². The monoisotopic (exact) mass is 374 g/mol. The van der Waals surface area contributed by atoms with E-state index in [1.165, 1.54) is 22.6 Å². The van der Waals surface area contributed by atoms with E-state index in [4.69, 9.17) is 0 Å². The van der Waals surface area contributed by atoms with Gasteiger partial charge < -0.3 is 10.4 Å². The molecule has 0 saturated heterocycles. The highest BCUT2D eigenvalue weighted by molar-refractivity contribution is 7.16. The van der Waals surface area contributed by atoms with Crippen LogP contribution in [0.3, 0.4) is 0 Å². The van der Waals surface area contributed by atoms with Gasteiger partial charge in [0.25, 0.3) is 0 Å². The van der Waals surface area contributed by atoms with Crippen LogP contribution < -0.4 is 5.32 Å². The fourth-order valence-electron chi connectivity index (χ4n) is 4.30. The zero-order valence-electron chi connectivity index (χ0n) is 15.1. The summed E-state index contributed by atoms with van der Waals surface area (Å²) in [4.78, 5) is 25.8. The van der Waals surface area contributed by atoms with E-state index in [1.54, 1.807) is 0 Å². The number of amides is 1. The first-order chi connectivity index (χ1) is 12.6. The van der Waals surface area contributed by atoms with Crippen molar-refractivity contribution in [3.8, 4) is 6.07 Å². The van der Waals surface area contributed by atoms with Gasteiger partial charge in [0, 0.05) is 11.3 Å². The zero-order chi connectivity index (χ0) is 18.6. The number of aliphatic carboxylic acids is 1. The molecule has 1 saturated carbocycles. The predicted octanol–water partition coefficient (Wildman–Crippen LogP) is 4.64. The number of nitriles is 1. The van der Waals surface area contributed by atoms with Crippen molar-refractivity contribution in [2.75, 3.05) is 5.32 Å². The molecule has 0 bridgehead atoms. The highest BCUT2D eigenvalue weighted by Crippen LogP contribution is 2.40. The van der Waals surface area contributed by atoms with Crippen LogP contribution in [0.15, 0.2) is 0 Å². The van der Waals surface area contributed by atoms with Crippen LogP contribution >= 0.6 is 11.3 Å². The molecule has 0 spiro atoms. The molecule has 0 aliphatic heterocycles. The summed E-state index contributed by atoms with van der Waals surface area (Å²) in [5.41, 5.74) is 0.722. The number of aryl methyl sites for hydroxylation is 1. The first-order valence-electron chi connectivity index (χ1n) is 9.64. The third kappa shape index (κ3) is 3.93. The van der Waals surface area contributed by atoms with Gasteiger partial charge in [0.15, 0.2) is 0 Å². The van der Waals surface area contributed by atoms with E-state index in [0.717, 1.165) is 56.9 Å². The summed E-state index contributed by atoms with van der Waals surface area (Å²) in [5, 5.41) is 22.8. The van der Waals surface area contributed by atoms with Gasteiger partial charge in [0.2, 0.25) is 5.91 Å². The Bertz CT molecular complexity index is 724. The Morgan fingerprint density at radius 3 is 2.38 bits per heavy atom. The molecule has 6 heteroatoms. The number of carbonyl (C=O) groups excluding carboxylic acids is 1. The lowest BCUT2D eigenvalue weighted by atomic mass is 9.77. The van der Waals surface area contributed by atoms with Gasteiger partial charge in [-0.3, -0.25) is 9.59 Å². The molecule has 0 aromatic carbocycles. The number of carbonyl (C=O) groups is 2. The average molecular weight is 375 g/mol. The molecule has 26 heavy (non-hydrogen) atoms. The van der Waals surface area contributed by atoms with Crippen molar-refractivity contribution in [3.05, 3.63) is 16.0 Å². The number of rotatable bonds is 4. The summed E-state index contributed by atoms with van der Waals surface area (Å²) >= 11 is 1.50. The van der Waals surface area contributed by atoms with Crippen LogP contribution in [0.25, 0.3) is 0 Å². The minimum Gasteiger partial charge on any atom is -0.481 e. The SMILES string of the molecule is N#Cc1c(NC(=O)CC2(C(=O)O)CCCCCC2)sc2c1CCCCC2. The molecule has 0 radical (unpaired) electrons. The van der Waals surface area contributed by atoms with Crippen LogP contribution in [-0.2, 0) is 22.4 Å². The van der Waals surface area contributed by atoms with Gasteiger partial charge in [-0.2, -0.15) is 5.26 Å². The molecule has 0 atom stereocenters. The maximum absolute atomic E-state index is 12.7. The molecule has 2 aliphatic carbocycles. The first-order valence-corrected chi connectivity index (χ1v) is 10.5. The van der Waals surface area contributed by atoms with Gasteiger partial charge in [-0.15, -0.1) is 11.3 Å². The maximum atomic E-state index is 12.7. The first kappa shape index (κ1) is 18.9. The van der Waals surface area contributed by atoms with Crippen molar-refractivity contribution in [1.82, 2.24) is 0 Å². The summed E-state index contributed by atoms with van der Waals surface area (Å²) in [6.07, 6.45) is 10.1. The van der Waals surface area contributed by atoms with Crippen molar-refractivity contribution >= 4 is 28.2 Å². The number of hydrogen-bond donors (Lipinski definition) is 2. The summed E-state index contributed by atoms with van der Waals surface area (Å²) < 4.78 is 0. The Labute approximate surface area is 158 Å². The van der Waals surface area contributed by atoms with Crippen LogP contribution in [0.2, 0.25) is 0 Å². The third-order valence-corrected chi connectivity index (χ3v) is 7.01. The Morgan fingerprint density at radius 2 is 1.73 bits per heavy atom. The molecule has 3 rings (SSSR count). The number of anilines is 1. The number of nitrogens with zero attached hydrogens (tertiary/aromatic N) is 1. The van der Waals surface area contributed by atoms with Crippen LogP contribution in [0, 0.1) is 16.7 Å². The average Bonchev–Trinajstić information content (AvgIpc) is 2.81. The lowest BCUT2D eigenvalue weighted by Crippen LogP contribution is -2.35. The second kappa shape index (κ2) is 8.22. The summed E-state index contributed by atoms with van der Waals surface area (Å²) in [6, 6.07) is 2.26. The van der Waals surface area contributed by atoms with E-state index >= 15 is 0 Å². The Hall–Kier alpha value is -1.87. The van der Waals surface area contributed by atoms with Crippen LogP contribution in [0.5, 0.6) is 0 Å². The molecular weight excluding hydrogens is 348 g/mol. The molecule has 2 aliphatic rings. The molecule has 1 aromatic rings. The van der Waals surface area contributed by atoms with Crippen molar-refractivity contribution in [1.29, 1.82) is 5.26 Å². The Kier molecular flexibility index (Phi) is 5.98. The lowest BCUT2D eigenvalue weighted by molar-refractivity contribution is -0.152. The summed E-state index contributed by atoms with van der Waals surface area (Å²) in [6.45, 7) is 0. The van der Waals surface area contributed by atoms with Gasteiger partial charge in [-0.1, -0.05) is 32.1 Å². The van der Waals surface area contributed by atoms with Gasteiger partial charge in [0.1, 0.15) is 11.1 Å². The smallest absolute Gasteiger partial charge is 0.310 e. The van der Waals surface area contributed by atoms with E-state index in [9.17, 15) is 20.0 Å². The number of fused-ring (bicyclic) bond motifs is 1. The molecule has 0 unspecified atom stereocenters. The van der Waals surface area contributed by atoms with Gasteiger partial charge in [-0.05, 0) is 44.1 Å². The predicted molar refractivity (Wildman–Crippen MR) is 101 cm³/mol. The van der Waals surface area contributed by atoms with Gasteiger partial charge >= 0.3 is 5.97 Å². The number of carboxylic acid groups (broad SMARTS) is 1. The normalized spacial score (nSPS) is 19.5. The van der Waals surface area contributed by atoms with E-state index in [2.05, 4.69) is 11.4 Å². The molecule has 1 aromatic heterocycles. The van der Waals surface area contributed by atoms with Gasteiger partial charge in [-0.25, -0.2) is 0 Å². The number of carboxylic acids is 1. The zero-order valence-corrected chi connectivity index (χ0v) is 15.9. The molecule has 2 N–H and O–H groups in total. The Morgan fingerprint density at radius 1 is 1.08 bits per heavy atom. The second-order valence-electron chi connectivity index (χ2n) is 7.61. The quantitative estimate of drug-likeness (QED) is 0.593. The largest absolute Gasteiger partial charge is 0.481 e. The topological polar surface area (TPSA) is 90.2 Å². The third-order valence-electron chi connectivity index (χ3n) is 5.80. The highest BCUT2D eigenvalue weighted by atomic mass is 32.1. The van der Waals surface area contributed by atoms with E-state index in [0.29, 0.717) is 23.4 Å². The number of nitrogens with one attached hydrogen (secondary N) is 1. The fourth-order valence-corrected chi connectivity index (χ4v) is 5.55. The minimum absolute atomic E-state index is 0.00420. The highest BCUT2D eigenvalue weighted by Gasteiger charge is 2.40. The van der Waals surface area contributed by atoms with E-state index < -0.39 is 11.4 Å². The maximum Gasteiger partial charge on any atom is 0.310 e. The summed E-state index contributed by atoms with van der Waals surface area (Å²) in [5.74, 6) is -1.14. The van der Waals surface area contributed by atoms with Crippen molar-refractivity contribution in [2.24, 2.45) is 5.41 Å². The Balaban J connectivity index is 1.77. The van der Waals surface area contributed by atoms with Crippen LogP contribution in [0.4, 0.5) is 5.00 Å². The van der Waals surface area contributed by atoms with E-state index in [-0.39, 0.29) is 12.3 Å². The van der Waals surface area contributed by atoms with Crippen molar-refractivity contribution in [3.63, 3.8) is 0 Å². The molecule has 1 fully saturated rings. The standard InChI is InChI=1S/C20H26N2O3S/c21-13-15-14-8-4-3-5-9-16(14)26-18(15)22-17(23)12-20(19(24)25)10-6-1-2-7-11-20/h1-12H2,(H,22,23)(H,24,25).